The number of nitrogens with one attached hydrogen (secondary N) is 2. The average Bonchev–Trinajstić information content (AvgIpc) is 2.83. The van der Waals surface area contributed by atoms with E-state index in [1.165, 1.54) is 0 Å². The number of carboxylic acids is 1. The van der Waals surface area contributed by atoms with Crippen molar-refractivity contribution in [1.82, 2.24) is 10.6 Å². The van der Waals surface area contributed by atoms with Crippen molar-refractivity contribution in [2.75, 3.05) is 6.54 Å². The third-order valence-corrected chi connectivity index (χ3v) is 2.36. The molecule has 0 aromatic rings. The summed E-state index contributed by atoms with van der Waals surface area (Å²) in [6.07, 6.45) is 1.87. The molecule has 92 valence electrons. The first-order valence-corrected chi connectivity index (χ1v) is 5.57. The van der Waals surface area contributed by atoms with Gasteiger partial charge in [0.25, 0.3) is 0 Å². The highest BCUT2D eigenvalue weighted by molar-refractivity contribution is 5.80. The highest BCUT2D eigenvalue weighted by Crippen LogP contribution is 2.32. The maximum atomic E-state index is 11.5. The van der Waals surface area contributed by atoms with E-state index in [1.54, 1.807) is 0 Å². The van der Waals surface area contributed by atoms with E-state index >= 15 is 0 Å². The largest absolute Gasteiger partial charge is 0.480 e. The van der Waals surface area contributed by atoms with Crippen LogP contribution in [0.3, 0.4) is 0 Å². The molecule has 0 aliphatic heterocycles. The Balaban J connectivity index is 2.32. The summed E-state index contributed by atoms with van der Waals surface area (Å²) >= 11 is 0. The summed E-state index contributed by atoms with van der Waals surface area (Å²) in [7, 11) is 0. The standard InChI is InChI=1S/C11H20N2O3/c1-11(2,3)13-8(14)6-12-9(10(15)16)7-4-5-7/h7,9,12H,4-6H2,1-3H3,(H,13,14)(H,15,16). The summed E-state index contributed by atoms with van der Waals surface area (Å²) < 4.78 is 0. The van der Waals surface area contributed by atoms with Gasteiger partial charge >= 0.3 is 5.97 Å². The highest BCUT2D eigenvalue weighted by Gasteiger charge is 2.36. The fourth-order valence-electron chi connectivity index (χ4n) is 1.55. The van der Waals surface area contributed by atoms with Crippen molar-refractivity contribution in [3.63, 3.8) is 0 Å². The van der Waals surface area contributed by atoms with E-state index in [9.17, 15) is 9.59 Å². The molecule has 1 aliphatic rings. The fourth-order valence-corrected chi connectivity index (χ4v) is 1.55. The van der Waals surface area contributed by atoms with Crippen LogP contribution in [0.2, 0.25) is 0 Å². The van der Waals surface area contributed by atoms with E-state index in [0.29, 0.717) is 0 Å². The van der Waals surface area contributed by atoms with Crippen LogP contribution in [0.15, 0.2) is 0 Å². The predicted molar refractivity (Wildman–Crippen MR) is 60.0 cm³/mol. The lowest BCUT2D eigenvalue weighted by atomic mass is 10.1. The van der Waals surface area contributed by atoms with Gasteiger partial charge in [0, 0.05) is 5.54 Å². The summed E-state index contributed by atoms with van der Waals surface area (Å²) in [4.78, 5) is 22.3. The first-order chi connectivity index (χ1) is 7.29. The number of hydrogen-bond donors (Lipinski definition) is 3. The van der Waals surface area contributed by atoms with Crippen LogP contribution in [-0.2, 0) is 9.59 Å². The second kappa shape index (κ2) is 4.82. The monoisotopic (exact) mass is 228 g/mol. The van der Waals surface area contributed by atoms with Crippen LogP contribution >= 0.6 is 0 Å². The van der Waals surface area contributed by atoms with Gasteiger partial charge in [0.2, 0.25) is 5.91 Å². The molecule has 1 amide bonds. The third-order valence-electron chi connectivity index (χ3n) is 2.36. The number of carbonyl (C=O) groups excluding carboxylic acids is 1. The van der Waals surface area contributed by atoms with Gasteiger partial charge in [-0.05, 0) is 39.5 Å². The Morgan fingerprint density at radius 2 is 1.94 bits per heavy atom. The molecule has 0 spiro atoms. The predicted octanol–water partition coefficient (Wildman–Crippen LogP) is 0.354. The Kier molecular flexibility index (Phi) is 3.91. The number of amides is 1. The van der Waals surface area contributed by atoms with Crippen molar-refractivity contribution in [1.29, 1.82) is 0 Å². The molecule has 1 atom stereocenters. The molecule has 0 saturated heterocycles. The van der Waals surface area contributed by atoms with Crippen LogP contribution in [0.4, 0.5) is 0 Å². The Bertz CT molecular complexity index is 279. The minimum Gasteiger partial charge on any atom is -0.480 e. The SMILES string of the molecule is CC(C)(C)NC(=O)CNC(C(=O)O)C1CC1. The van der Waals surface area contributed by atoms with Gasteiger partial charge in [0.15, 0.2) is 0 Å². The maximum absolute atomic E-state index is 11.5. The molecule has 0 aromatic carbocycles. The van der Waals surface area contributed by atoms with Crippen molar-refractivity contribution in [3.05, 3.63) is 0 Å². The lowest BCUT2D eigenvalue weighted by molar-refractivity contribution is -0.140. The van der Waals surface area contributed by atoms with Gasteiger partial charge < -0.3 is 10.4 Å². The Labute approximate surface area is 95.6 Å². The molecule has 0 radical (unpaired) electrons. The van der Waals surface area contributed by atoms with Crippen LogP contribution in [0, 0.1) is 5.92 Å². The minimum absolute atomic E-state index is 0.0603. The van der Waals surface area contributed by atoms with Gasteiger partial charge in [-0.15, -0.1) is 0 Å². The van der Waals surface area contributed by atoms with Crippen LogP contribution in [-0.4, -0.2) is 35.1 Å². The highest BCUT2D eigenvalue weighted by atomic mass is 16.4. The average molecular weight is 228 g/mol. The van der Waals surface area contributed by atoms with Gasteiger partial charge in [-0.1, -0.05) is 0 Å². The fraction of sp³-hybridized carbons (Fsp3) is 0.818. The number of carboxylic acid groups (broad SMARTS) is 1. The molecule has 0 aromatic heterocycles. The Morgan fingerprint density at radius 1 is 1.38 bits per heavy atom. The van der Waals surface area contributed by atoms with Crippen LogP contribution in [0.25, 0.3) is 0 Å². The van der Waals surface area contributed by atoms with Gasteiger partial charge in [0.1, 0.15) is 6.04 Å². The number of rotatable bonds is 5. The zero-order valence-corrected chi connectivity index (χ0v) is 10.0. The second-order valence-electron chi connectivity index (χ2n) is 5.33. The number of aliphatic carboxylic acids is 1. The van der Waals surface area contributed by atoms with Crippen molar-refractivity contribution < 1.29 is 14.7 Å². The Hall–Kier alpha value is -1.10. The lowest BCUT2D eigenvalue weighted by Gasteiger charge is -2.21. The molecule has 1 rings (SSSR count). The zero-order chi connectivity index (χ0) is 12.3. The van der Waals surface area contributed by atoms with E-state index < -0.39 is 12.0 Å². The quantitative estimate of drug-likeness (QED) is 0.634. The van der Waals surface area contributed by atoms with Crippen molar-refractivity contribution in [2.24, 2.45) is 5.92 Å². The Morgan fingerprint density at radius 3 is 2.31 bits per heavy atom. The van der Waals surface area contributed by atoms with E-state index in [2.05, 4.69) is 10.6 Å². The molecule has 1 saturated carbocycles. The summed E-state index contributed by atoms with van der Waals surface area (Å²) in [5.41, 5.74) is -0.281. The molecule has 0 bridgehead atoms. The van der Waals surface area contributed by atoms with Gasteiger partial charge in [-0.3, -0.25) is 14.9 Å². The molecule has 5 heteroatoms. The van der Waals surface area contributed by atoms with E-state index in [4.69, 9.17) is 5.11 Å². The van der Waals surface area contributed by atoms with E-state index in [1.807, 2.05) is 20.8 Å². The second-order valence-corrected chi connectivity index (χ2v) is 5.33. The van der Waals surface area contributed by atoms with Crippen molar-refractivity contribution >= 4 is 11.9 Å². The minimum atomic E-state index is -0.869. The van der Waals surface area contributed by atoms with Crippen LogP contribution in [0.5, 0.6) is 0 Å². The molecule has 1 aliphatic carbocycles. The summed E-state index contributed by atoms with van der Waals surface area (Å²) in [6.45, 7) is 5.73. The van der Waals surface area contributed by atoms with Crippen LogP contribution in [0.1, 0.15) is 33.6 Å². The first kappa shape index (κ1) is 13.0. The molecular formula is C11H20N2O3. The topological polar surface area (TPSA) is 78.4 Å². The number of carbonyl (C=O) groups is 2. The number of hydrogen-bond acceptors (Lipinski definition) is 3. The third kappa shape index (κ3) is 4.61. The van der Waals surface area contributed by atoms with E-state index in [-0.39, 0.29) is 23.9 Å². The normalized spacial score (nSPS) is 17.9. The van der Waals surface area contributed by atoms with Gasteiger partial charge in [-0.25, -0.2) is 0 Å². The van der Waals surface area contributed by atoms with E-state index in [0.717, 1.165) is 12.8 Å². The summed E-state index contributed by atoms with van der Waals surface area (Å²) in [6, 6.07) is -0.578. The molecule has 5 nitrogen and oxygen atoms in total. The molecule has 16 heavy (non-hydrogen) atoms. The maximum Gasteiger partial charge on any atom is 0.320 e. The first-order valence-electron chi connectivity index (χ1n) is 5.57. The molecule has 3 N–H and O–H groups in total. The summed E-state index contributed by atoms with van der Waals surface area (Å²) in [5.74, 6) is -0.842. The van der Waals surface area contributed by atoms with Crippen molar-refractivity contribution in [3.8, 4) is 0 Å². The molecule has 1 fully saturated rings. The smallest absolute Gasteiger partial charge is 0.320 e. The van der Waals surface area contributed by atoms with Gasteiger partial charge in [0.05, 0.1) is 6.54 Å². The van der Waals surface area contributed by atoms with Crippen LogP contribution < -0.4 is 10.6 Å². The lowest BCUT2D eigenvalue weighted by Crippen LogP contribution is -2.48. The van der Waals surface area contributed by atoms with Crippen molar-refractivity contribution in [2.45, 2.75) is 45.2 Å². The zero-order valence-electron chi connectivity index (χ0n) is 10.0. The molecular weight excluding hydrogens is 208 g/mol. The molecule has 1 unspecified atom stereocenters. The molecule has 0 heterocycles. The summed E-state index contributed by atoms with van der Waals surface area (Å²) in [5, 5.41) is 14.5. The van der Waals surface area contributed by atoms with Gasteiger partial charge in [-0.2, -0.15) is 0 Å².